The number of fused-ring (bicyclic) bond motifs is 1. The Labute approximate surface area is 122 Å². The molecular weight excluding hydrogens is 283 g/mol. The molecular formula is C13H16Cl2N4. The molecule has 2 aromatic rings. The standard InChI is InChI=1S/C13H16Cl2N4/c14-8-12-17-11-7-10(15)9-16-13(11)19(12)6-5-18-3-1-2-4-18/h7,9H,1-6,8H2. The molecule has 102 valence electrons. The molecule has 1 aliphatic rings. The highest BCUT2D eigenvalue weighted by Gasteiger charge is 2.15. The summed E-state index contributed by atoms with van der Waals surface area (Å²) >= 11 is 11.9. The molecule has 0 saturated carbocycles. The molecule has 3 rings (SSSR count). The topological polar surface area (TPSA) is 34.0 Å². The van der Waals surface area contributed by atoms with E-state index in [1.54, 1.807) is 6.20 Å². The molecule has 0 atom stereocenters. The van der Waals surface area contributed by atoms with Gasteiger partial charge in [-0.2, -0.15) is 0 Å². The van der Waals surface area contributed by atoms with Gasteiger partial charge in [-0.3, -0.25) is 0 Å². The Morgan fingerprint density at radius 3 is 2.74 bits per heavy atom. The van der Waals surface area contributed by atoms with E-state index in [0.717, 1.165) is 30.1 Å². The first-order valence-corrected chi connectivity index (χ1v) is 7.48. The molecule has 4 nitrogen and oxygen atoms in total. The van der Waals surface area contributed by atoms with Crippen LogP contribution in [0, 0.1) is 0 Å². The number of imidazole rings is 1. The third-order valence-corrected chi connectivity index (χ3v) is 4.03. The van der Waals surface area contributed by atoms with E-state index in [1.807, 2.05) is 6.07 Å². The van der Waals surface area contributed by atoms with Gasteiger partial charge in [-0.05, 0) is 32.0 Å². The van der Waals surface area contributed by atoms with Gasteiger partial charge < -0.3 is 9.47 Å². The number of pyridine rings is 1. The Morgan fingerprint density at radius 1 is 1.21 bits per heavy atom. The fourth-order valence-corrected chi connectivity index (χ4v) is 2.97. The van der Waals surface area contributed by atoms with Gasteiger partial charge in [-0.1, -0.05) is 11.6 Å². The molecule has 0 spiro atoms. The smallest absolute Gasteiger partial charge is 0.160 e. The predicted molar refractivity (Wildman–Crippen MR) is 77.8 cm³/mol. The molecule has 6 heteroatoms. The minimum absolute atomic E-state index is 0.397. The minimum Gasteiger partial charge on any atom is -0.310 e. The Balaban J connectivity index is 1.87. The molecule has 0 radical (unpaired) electrons. The number of nitrogens with zero attached hydrogens (tertiary/aromatic N) is 4. The zero-order valence-electron chi connectivity index (χ0n) is 10.6. The monoisotopic (exact) mass is 298 g/mol. The van der Waals surface area contributed by atoms with Crippen molar-refractivity contribution in [3.63, 3.8) is 0 Å². The van der Waals surface area contributed by atoms with Crippen LogP contribution in [0.15, 0.2) is 12.3 Å². The molecule has 0 aromatic carbocycles. The first-order valence-electron chi connectivity index (χ1n) is 6.57. The summed E-state index contributed by atoms with van der Waals surface area (Å²) in [6.45, 7) is 4.30. The van der Waals surface area contributed by atoms with Gasteiger partial charge in [0, 0.05) is 19.3 Å². The molecule has 3 heterocycles. The fraction of sp³-hybridized carbons (Fsp3) is 0.538. The molecule has 0 N–H and O–H groups in total. The highest BCUT2D eigenvalue weighted by Crippen LogP contribution is 2.19. The van der Waals surface area contributed by atoms with E-state index < -0.39 is 0 Å². The van der Waals surface area contributed by atoms with Crippen LogP contribution in [0.4, 0.5) is 0 Å². The van der Waals surface area contributed by atoms with Gasteiger partial charge in [0.25, 0.3) is 0 Å². The third-order valence-electron chi connectivity index (χ3n) is 3.59. The Bertz CT molecular complexity index is 575. The second-order valence-electron chi connectivity index (χ2n) is 4.86. The molecule has 1 aliphatic heterocycles. The van der Waals surface area contributed by atoms with E-state index in [-0.39, 0.29) is 0 Å². The van der Waals surface area contributed by atoms with Crippen molar-refractivity contribution in [1.29, 1.82) is 0 Å². The van der Waals surface area contributed by atoms with E-state index in [1.165, 1.54) is 25.9 Å². The first kappa shape index (κ1) is 13.2. The molecule has 0 amide bonds. The summed E-state index contributed by atoms with van der Waals surface area (Å²) in [5.41, 5.74) is 1.70. The normalized spacial score (nSPS) is 16.5. The lowest BCUT2D eigenvalue weighted by atomic mass is 10.4. The van der Waals surface area contributed by atoms with Crippen LogP contribution in [0.2, 0.25) is 5.02 Å². The molecule has 0 bridgehead atoms. The molecule has 0 aliphatic carbocycles. The fourth-order valence-electron chi connectivity index (χ4n) is 2.62. The molecule has 0 unspecified atom stereocenters. The average molecular weight is 299 g/mol. The van der Waals surface area contributed by atoms with E-state index in [9.17, 15) is 0 Å². The van der Waals surface area contributed by atoms with Crippen molar-refractivity contribution in [2.75, 3.05) is 19.6 Å². The van der Waals surface area contributed by atoms with Crippen LogP contribution < -0.4 is 0 Å². The van der Waals surface area contributed by atoms with E-state index in [0.29, 0.717) is 10.9 Å². The van der Waals surface area contributed by atoms with Gasteiger partial charge in [0.05, 0.1) is 10.9 Å². The van der Waals surface area contributed by atoms with Gasteiger partial charge in [-0.15, -0.1) is 11.6 Å². The van der Waals surface area contributed by atoms with Crippen LogP contribution in [0.1, 0.15) is 18.7 Å². The SMILES string of the molecule is ClCc1nc2cc(Cl)cnc2n1CCN1CCCC1. The highest BCUT2D eigenvalue weighted by atomic mass is 35.5. The quantitative estimate of drug-likeness (QED) is 0.814. The minimum atomic E-state index is 0.397. The Hall–Kier alpha value is -0.840. The molecule has 2 aromatic heterocycles. The van der Waals surface area contributed by atoms with Crippen LogP contribution >= 0.6 is 23.2 Å². The van der Waals surface area contributed by atoms with Crippen LogP contribution in [0.25, 0.3) is 11.2 Å². The number of likely N-dealkylation sites (tertiary alicyclic amines) is 1. The van der Waals surface area contributed by atoms with E-state index in [2.05, 4.69) is 19.4 Å². The van der Waals surface area contributed by atoms with Crippen molar-refractivity contribution in [3.05, 3.63) is 23.1 Å². The molecule has 1 fully saturated rings. The van der Waals surface area contributed by atoms with Gasteiger partial charge in [-0.25, -0.2) is 9.97 Å². The summed E-state index contributed by atoms with van der Waals surface area (Å²) in [5.74, 6) is 1.26. The number of hydrogen-bond donors (Lipinski definition) is 0. The van der Waals surface area contributed by atoms with Crippen LogP contribution in [-0.2, 0) is 12.4 Å². The van der Waals surface area contributed by atoms with Crippen molar-refractivity contribution in [2.45, 2.75) is 25.3 Å². The zero-order valence-corrected chi connectivity index (χ0v) is 12.2. The summed E-state index contributed by atoms with van der Waals surface area (Å²) in [5, 5.41) is 0.609. The maximum absolute atomic E-state index is 5.98. The van der Waals surface area contributed by atoms with Crippen LogP contribution in [0.5, 0.6) is 0 Å². The second kappa shape index (κ2) is 5.65. The predicted octanol–water partition coefficient (Wildman–Crippen LogP) is 2.92. The lowest BCUT2D eigenvalue weighted by Gasteiger charge is -2.15. The number of aromatic nitrogens is 3. The Morgan fingerprint density at radius 2 is 2.00 bits per heavy atom. The summed E-state index contributed by atoms with van der Waals surface area (Å²) in [6, 6.07) is 1.84. The molecule has 1 saturated heterocycles. The third kappa shape index (κ3) is 2.71. The average Bonchev–Trinajstić information content (AvgIpc) is 3.02. The summed E-state index contributed by atoms with van der Waals surface area (Å²) in [6.07, 6.45) is 4.28. The van der Waals surface area contributed by atoms with Crippen molar-refractivity contribution in [3.8, 4) is 0 Å². The number of hydrogen-bond acceptors (Lipinski definition) is 3. The lowest BCUT2D eigenvalue weighted by molar-refractivity contribution is 0.322. The summed E-state index contributed by atoms with van der Waals surface area (Å²) < 4.78 is 2.11. The van der Waals surface area contributed by atoms with Crippen molar-refractivity contribution < 1.29 is 0 Å². The number of alkyl halides is 1. The van der Waals surface area contributed by atoms with Crippen molar-refractivity contribution in [2.24, 2.45) is 0 Å². The molecule has 19 heavy (non-hydrogen) atoms. The van der Waals surface area contributed by atoms with Gasteiger partial charge >= 0.3 is 0 Å². The van der Waals surface area contributed by atoms with Crippen molar-refractivity contribution >= 4 is 34.4 Å². The second-order valence-corrected chi connectivity index (χ2v) is 5.56. The highest BCUT2D eigenvalue weighted by molar-refractivity contribution is 6.31. The zero-order chi connectivity index (χ0) is 13.2. The number of rotatable bonds is 4. The number of halogens is 2. The van der Waals surface area contributed by atoms with Gasteiger partial charge in [0.2, 0.25) is 0 Å². The lowest BCUT2D eigenvalue weighted by Crippen LogP contribution is -2.24. The van der Waals surface area contributed by atoms with E-state index >= 15 is 0 Å². The van der Waals surface area contributed by atoms with Crippen LogP contribution in [-0.4, -0.2) is 39.1 Å². The largest absolute Gasteiger partial charge is 0.310 e. The van der Waals surface area contributed by atoms with E-state index in [4.69, 9.17) is 23.2 Å². The summed E-state index contributed by atoms with van der Waals surface area (Å²) in [4.78, 5) is 11.4. The first-order chi connectivity index (χ1) is 9.28. The maximum Gasteiger partial charge on any atom is 0.160 e. The maximum atomic E-state index is 5.98. The van der Waals surface area contributed by atoms with Gasteiger partial charge in [0.1, 0.15) is 11.3 Å². The van der Waals surface area contributed by atoms with Crippen LogP contribution in [0.3, 0.4) is 0 Å². The Kier molecular flexibility index (Phi) is 3.91. The van der Waals surface area contributed by atoms with Gasteiger partial charge in [0.15, 0.2) is 5.65 Å². The summed E-state index contributed by atoms with van der Waals surface area (Å²) in [7, 11) is 0. The van der Waals surface area contributed by atoms with Crippen molar-refractivity contribution in [1.82, 2.24) is 19.4 Å².